The molecule has 2 N–H and O–H groups in total. The van der Waals surface area contributed by atoms with E-state index in [2.05, 4.69) is 24.5 Å². The van der Waals surface area contributed by atoms with Crippen LogP contribution in [-0.4, -0.2) is 12.3 Å². The Morgan fingerprint density at radius 3 is 2.35 bits per heavy atom. The fraction of sp³-hybridized carbons (Fsp3) is 0.333. The first-order valence-corrected chi connectivity index (χ1v) is 9.18. The van der Waals surface area contributed by atoms with Crippen molar-refractivity contribution >= 4 is 29.6 Å². The second-order valence-corrected chi connectivity index (χ2v) is 7.13. The molecule has 1 atom stereocenters. The Bertz CT molecular complexity index is 729. The molecule has 2 aromatic carbocycles. The van der Waals surface area contributed by atoms with Crippen LogP contribution in [-0.2, 0) is 16.8 Å². The Balaban J connectivity index is 1.94. The van der Waals surface area contributed by atoms with Crippen molar-refractivity contribution in [2.24, 2.45) is 0 Å². The lowest BCUT2D eigenvalue weighted by molar-refractivity contribution is -0.108. The largest absolute Gasteiger partial charge is 0.334 e. The summed E-state index contributed by atoms with van der Waals surface area (Å²) in [6, 6.07) is 14.8. The van der Waals surface area contributed by atoms with Crippen LogP contribution in [0.1, 0.15) is 44.2 Å². The lowest BCUT2D eigenvalue weighted by Crippen LogP contribution is -2.28. The molecule has 0 spiro atoms. The number of hydrogen-bond donors (Lipinski definition) is 2. The van der Waals surface area contributed by atoms with Gasteiger partial charge in [0.1, 0.15) is 6.29 Å². The van der Waals surface area contributed by atoms with Crippen LogP contribution < -0.4 is 10.6 Å². The summed E-state index contributed by atoms with van der Waals surface area (Å²) in [6.07, 6.45) is 3.43. The average Bonchev–Trinajstić information content (AvgIpc) is 2.62. The highest BCUT2D eigenvalue weighted by Gasteiger charge is 2.25. The van der Waals surface area contributed by atoms with Crippen molar-refractivity contribution in [2.45, 2.75) is 45.1 Å². The third-order valence-electron chi connectivity index (χ3n) is 4.54. The predicted molar refractivity (Wildman–Crippen MR) is 107 cm³/mol. The summed E-state index contributed by atoms with van der Waals surface area (Å²) in [6.45, 7) is 4.64. The predicted octanol–water partition coefficient (Wildman–Crippen LogP) is 5.31. The van der Waals surface area contributed by atoms with E-state index in [1.165, 1.54) is 0 Å². The summed E-state index contributed by atoms with van der Waals surface area (Å²) in [7, 11) is 0. The van der Waals surface area contributed by atoms with Gasteiger partial charge >= 0.3 is 6.03 Å². The maximum absolute atomic E-state index is 12.0. The number of nitrogens with one attached hydrogen (secondary N) is 2. The molecular weight excluding hydrogens is 348 g/mol. The number of aldehydes is 1. The molecule has 0 saturated carbocycles. The number of carbonyl (C=O) groups is 2. The van der Waals surface area contributed by atoms with E-state index in [1.54, 1.807) is 12.1 Å². The number of rotatable bonds is 8. The number of halogens is 1. The molecule has 4 nitrogen and oxygen atoms in total. The van der Waals surface area contributed by atoms with Crippen LogP contribution in [0.2, 0.25) is 5.02 Å². The van der Waals surface area contributed by atoms with E-state index in [-0.39, 0.29) is 11.4 Å². The van der Waals surface area contributed by atoms with Crippen molar-refractivity contribution in [1.82, 2.24) is 5.32 Å². The Labute approximate surface area is 159 Å². The Kier molecular flexibility index (Phi) is 7.22. The molecule has 0 aliphatic carbocycles. The first kappa shape index (κ1) is 20.0. The molecular formula is C21H25ClN2O2. The van der Waals surface area contributed by atoms with Crippen LogP contribution >= 0.6 is 11.6 Å². The molecule has 0 aromatic heterocycles. The monoisotopic (exact) mass is 372 g/mol. The smallest absolute Gasteiger partial charge is 0.319 e. The normalized spacial score (nSPS) is 12.9. The minimum absolute atomic E-state index is 0.161. The molecule has 1 unspecified atom stereocenters. The van der Waals surface area contributed by atoms with Crippen molar-refractivity contribution < 1.29 is 9.59 Å². The Morgan fingerprint density at radius 2 is 1.77 bits per heavy atom. The van der Waals surface area contributed by atoms with Gasteiger partial charge in [0, 0.05) is 23.7 Å². The quantitative estimate of drug-likeness (QED) is 0.617. The molecule has 2 rings (SSSR count). The van der Waals surface area contributed by atoms with E-state index in [1.807, 2.05) is 36.4 Å². The maximum atomic E-state index is 12.0. The zero-order chi connectivity index (χ0) is 19.0. The average molecular weight is 373 g/mol. The second-order valence-electron chi connectivity index (χ2n) is 6.69. The second kappa shape index (κ2) is 9.39. The van der Waals surface area contributed by atoms with Gasteiger partial charge in [-0.1, -0.05) is 56.1 Å². The molecule has 0 bridgehead atoms. The van der Waals surface area contributed by atoms with Gasteiger partial charge in [0.2, 0.25) is 0 Å². The molecule has 2 aromatic rings. The summed E-state index contributed by atoms with van der Waals surface area (Å²) in [5.41, 5.74) is 2.64. The first-order valence-electron chi connectivity index (χ1n) is 8.80. The van der Waals surface area contributed by atoms with E-state index >= 15 is 0 Å². The number of benzene rings is 2. The van der Waals surface area contributed by atoms with Gasteiger partial charge < -0.3 is 15.4 Å². The lowest BCUT2D eigenvalue weighted by Gasteiger charge is -2.28. The standard InChI is InChI=1S/C21H25ClN2O2/c1-3-12-21(2,13-14-25)17-6-10-19(11-7-17)24-20(26)23-15-16-4-8-18(22)9-5-16/h4-11,14H,3,12-13,15H2,1-2H3,(H2,23,24,26). The van der Waals surface area contributed by atoms with Crippen LogP contribution in [0.15, 0.2) is 48.5 Å². The third-order valence-corrected chi connectivity index (χ3v) is 4.79. The van der Waals surface area contributed by atoms with Crippen LogP contribution in [0.4, 0.5) is 10.5 Å². The van der Waals surface area contributed by atoms with Gasteiger partial charge in [-0.05, 0) is 47.2 Å². The molecule has 0 fully saturated rings. The van der Waals surface area contributed by atoms with E-state index in [0.29, 0.717) is 23.7 Å². The van der Waals surface area contributed by atoms with E-state index in [4.69, 9.17) is 11.6 Å². The first-order chi connectivity index (χ1) is 12.5. The Hall–Kier alpha value is -2.33. The van der Waals surface area contributed by atoms with Gasteiger partial charge in [-0.25, -0.2) is 4.79 Å². The SMILES string of the molecule is CCCC(C)(CC=O)c1ccc(NC(=O)NCc2ccc(Cl)cc2)cc1. The van der Waals surface area contributed by atoms with Gasteiger partial charge in [-0.15, -0.1) is 0 Å². The van der Waals surface area contributed by atoms with Crippen molar-refractivity contribution in [3.8, 4) is 0 Å². The van der Waals surface area contributed by atoms with Gasteiger partial charge in [0.25, 0.3) is 0 Å². The fourth-order valence-electron chi connectivity index (χ4n) is 3.02. The third kappa shape index (κ3) is 5.60. The highest BCUT2D eigenvalue weighted by Crippen LogP contribution is 2.32. The zero-order valence-electron chi connectivity index (χ0n) is 15.2. The molecule has 0 heterocycles. The summed E-state index contributed by atoms with van der Waals surface area (Å²) in [5.74, 6) is 0. The number of amides is 2. The molecule has 2 amide bonds. The van der Waals surface area contributed by atoms with Crippen LogP contribution in [0.25, 0.3) is 0 Å². The molecule has 0 aliphatic heterocycles. The number of hydrogen-bond acceptors (Lipinski definition) is 2. The topological polar surface area (TPSA) is 58.2 Å². The molecule has 0 radical (unpaired) electrons. The van der Waals surface area contributed by atoms with Crippen LogP contribution in [0.3, 0.4) is 0 Å². The van der Waals surface area contributed by atoms with Gasteiger partial charge in [0.15, 0.2) is 0 Å². The summed E-state index contributed by atoms with van der Waals surface area (Å²) in [5, 5.41) is 6.30. The number of carbonyl (C=O) groups excluding carboxylic acids is 2. The molecule has 0 aliphatic rings. The summed E-state index contributed by atoms with van der Waals surface area (Å²) in [4.78, 5) is 23.1. The number of urea groups is 1. The van der Waals surface area contributed by atoms with Crippen molar-refractivity contribution in [3.05, 3.63) is 64.7 Å². The van der Waals surface area contributed by atoms with E-state index in [9.17, 15) is 9.59 Å². The van der Waals surface area contributed by atoms with Crippen molar-refractivity contribution in [2.75, 3.05) is 5.32 Å². The van der Waals surface area contributed by atoms with Gasteiger partial charge in [0.05, 0.1) is 0 Å². The van der Waals surface area contributed by atoms with Crippen LogP contribution in [0, 0.1) is 0 Å². The summed E-state index contributed by atoms with van der Waals surface area (Å²) >= 11 is 5.85. The van der Waals surface area contributed by atoms with E-state index < -0.39 is 0 Å². The maximum Gasteiger partial charge on any atom is 0.319 e. The van der Waals surface area contributed by atoms with E-state index in [0.717, 1.165) is 30.3 Å². The lowest BCUT2D eigenvalue weighted by atomic mass is 9.76. The minimum atomic E-state index is -0.267. The molecule has 0 saturated heterocycles. The molecule has 26 heavy (non-hydrogen) atoms. The molecule has 138 valence electrons. The minimum Gasteiger partial charge on any atom is -0.334 e. The summed E-state index contributed by atoms with van der Waals surface area (Å²) < 4.78 is 0. The van der Waals surface area contributed by atoms with Gasteiger partial charge in [-0.3, -0.25) is 0 Å². The zero-order valence-corrected chi connectivity index (χ0v) is 16.0. The highest BCUT2D eigenvalue weighted by molar-refractivity contribution is 6.30. The van der Waals surface area contributed by atoms with Crippen molar-refractivity contribution in [3.63, 3.8) is 0 Å². The highest BCUT2D eigenvalue weighted by atomic mass is 35.5. The molecule has 5 heteroatoms. The number of anilines is 1. The Morgan fingerprint density at radius 1 is 1.12 bits per heavy atom. The van der Waals surface area contributed by atoms with Gasteiger partial charge in [-0.2, -0.15) is 0 Å². The fourth-order valence-corrected chi connectivity index (χ4v) is 3.14. The van der Waals surface area contributed by atoms with Crippen LogP contribution in [0.5, 0.6) is 0 Å². The van der Waals surface area contributed by atoms with Crippen molar-refractivity contribution in [1.29, 1.82) is 0 Å².